The minimum absolute atomic E-state index is 0.0280. The van der Waals surface area contributed by atoms with Crippen LogP contribution in [-0.2, 0) is 4.74 Å². The average molecular weight is 255 g/mol. The van der Waals surface area contributed by atoms with Crippen LogP contribution in [0.4, 0.5) is 4.39 Å². The number of carbonyl (C=O) groups excluding carboxylic acids is 1. The van der Waals surface area contributed by atoms with Crippen molar-refractivity contribution < 1.29 is 19.0 Å². The number of ether oxygens (including phenoxy) is 1. The molecule has 0 aliphatic carbocycles. The SMILES string of the molecule is COCCN(C(=O)c1cc(F)ccc1O)C(C)C. The maximum atomic E-state index is 13.1. The van der Waals surface area contributed by atoms with Gasteiger partial charge in [0.1, 0.15) is 11.6 Å². The third-order valence-corrected chi connectivity index (χ3v) is 2.61. The van der Waals surface area contributed by atoms with Gasteiger partial charge in [0, 0.05) is 19.7 Å². The van der Waals surface area contributed by atoms with E-state index in [0.29, 0.717) is 13.2 Å². The summed E-state index contributed by atoms with van der Waals surface area (Å²) in [4.78, 5) is 13.7. The maximum absolute atomic E-state index is 13.1. The molecule has 0 radical (unpaired) electrons. The van der Waals surface area contributed by atoms with E-state index in [1.54, 1.807) is 7.11 Å². The summed E-state index contributed by atoms with van der Waals surface area (Å²) in [6.07, 6.45) is 0. The van der Waals surface area contributed by atoms with Gasteiger partial charge in [-0.3, -0.25) is 4.79 Å². The second-order valence-electron chi connectivity index (χ2n) is 4.25. The lowest BCUT2D eigenvalue weighted by atomic mass is 10.1. The second-order valence-corrected chi connectivity index (χ2v) is 4.25. The van der Waals surface area contributed by atoms with Crippen LogP contribution >= 0.6 is 0 Å². The molecule has 1 amide bonds. The van der Waals surface area contributed by atoms with Gasteiger partial charge >= 0.3 is 0 Å². The van der Waals surface area contributed by atoms with Gasteiger partial charge in [0.05, 0.1) is 12.2 Å². The van der Waals surface area contributed by atoms with Crippen LogP contribution in [0.1, 0.15) is 24.2 Å². The predicted octanol–water partition coefficient (Wildman–Crippen LogP) is 2.03. The van der Waals surface area contributed by atoms with Gasteiger partial charge in [-0.25, -0.2) is 4.39 Å². The zero-order chi connectivity index (χ0) is 13.7. The lowest BCUT2D eigenvalue weighted by Gasteiger charge is -2.26. The first kappa shape index (κ1) is 14.4. The van der Waals surface area contributed by atoms with Crippen LogP contribution in [0.15, 0.2) is 18.2 Å². The molecule has 0 aromatic heterocycles. The summed E-state index contributed by atoms with van der Waals surface area (Å²) in [5.41, 5.74) is -0.0280. The molecule has 0 atom stereocenters. The molecular weight excluding hydrogens is 237 g/mol. The summed E-state index contributed by atoms with van der Waals surface area (Å²) >= 11 is 0. The van der Waals surface area contributed by atoms with Crippen molar-refractivity contribution in [1.29, 1.82) is 0 Å². The van der Waals surface area contributed by atoms with Crippen LogP contribution in [-0.4, -0.2) is 42.2 Å². The maximum Gasteiger partial charge on any atom is 0.258 e. The highest BCUT2D eigenvalue weighted by atomic mass is 19.1. The standard InChI is InChI=1S/C13H18FNO3/c1-9(2)15(6-7-18-3)13(17)11-8-10(14)4-5-12(11)16/h4-5,8-9,16H,6-7H2,1-3H3. The molecular formula is C13H18FNO3. The Morgan fingerprint density at radius 1 is 1.50 bits per heavy atom. The number of amides is 1. The number of rotatable bonds is 5. The zero-order valence-electron chi connectivity index (χ0n) is 10.8. The number of halogens is 1. The number of hydrogen-bond acceptors (Lipinski definition) is 3. The van der Waals surface area contributed by atoms with E-state index in [9.17, 15) is 14.3 Å². The quantitative estimate of drug-likeness (QED) is 0.875. The molecule has 4 nitrogen and oxygen atoms in total. The summed E-state index contributed by atoms with van der Waals surface area (Å²) in [6.45, 7) is 4.48. The van der Waals surface area contributed by atoms with Crippen LogP contribution < -0.4 is 0 Å². The molecule has 0 spiro atoms. The van der Waals surface area contributed by atoms with Crippen LogP contribution in [0.5, 0.6) is 5.75 Å². The number of carbonyl (C=O) groups is 1. The molecule has 5 heteroatoms. The van der Waals surface area contributed by atoms with E-state index in [1.807, 2.05) is 13.8 Å². The number of aromatic hydroxyl groups is 1. The van der Waals surface area contributed by atoms with E-state index < -0.39 is 11.7 Å². The fourth-order valence-corrected chi connectivity index (χ4v) is 1.62. The zero-order valence-corrected chi connectivity index (χ0v) is 10.8. The molecule has 0 aliphatic rings. The highest BCUT2D eigenvalue weighted by Crippen LogP contribution is 2.20. The number of methoxy groups -OCH3 is 1. The highest BCUT2D eigenvalue weighted by Gasteiger charge is 2.21. The number of hydrogen-bond donors (Lipinski definition) is 1. The van der Waals surface area contributed by atoms with Gasteiger partial charge in [-0.05, 0) is 32.0 Å². The molecule has 0 bridgehead atoms. The summed E-state index contributed by atoms with van der Waals surface area (Å²) in [7, 11) is 1.54. The molecule has 1 N–H and O–H groups in total. The Hall–Kier alpha value is -1.62. The third-order valence-electron chi connectivity index (χ3n) is 2.61. The normalized spacial score (nSPS) is 10.7. The van der Waals surface area contributed by atoms with Crippen molar-refractivity contribution in [3.63, 3.8) is 0 Å². The number of phenolic OH excluding ortho intramolecular Hbond substituents is 1. The minimum Gasteiger partial charge on any atom is -0.507 e. The van der Waals surface area contributed by atoms with E-state index in [-0.39, 0.29) is 17.4 Å². The summed E-state index contributed by atoms with van der Waals surface area (Å²) in [5, 5.41) is 9.62. The molecule has 1 aromatic carbocycles. The minimum atomic E-state index is -0.549. The first-order valence-corrected chi connectivity index (χ1v) is 5.75. The van der Waals surface area contributed by atoms with Gasteiger partial charge in [0.25, 0.3) is 5.91 Å². The Bertz CT molecular complexity index is 421. The van der Waals surface area contributed by atoms with Crippen molar-refractivity contribution >= 4 is 5.91 Å². The largest absolute Gasteiger partial charge is 0.507 e. The molecule has 0 aliphatic heterocycles. The summed E-state index contributed by atoms with van der Waals surface area (Å²) in [5.74, 6) is -1.17. The molecule has 0 fully saturated rings. The molecule has 1 aromatic rings. The van der Waals surface area contributed by atoms with Crippen LogP contribution in [0.25, 0.3) is 0 Å². The van der Waals surface area contributed by atoms with Crippen molar-refractivity contribution in [2.45, 2.75) is 19.9 Å². The Morgan fingerprint density at radius 3 is 2.72 bits per heavy atom. The van der Waals surface area contributed by atoms with E-state index in [1.165, 1.54) is 11.0 Å². The fraction of sp³-hybridized carbons (Fsp3) is 0.462. The number of benzene rings is 1. The van der Waals surface area contributed by atoms with Crippen molar-refractivity contribution in [3.05, 3.63) is 29.6 Å². The Labute approximate surface area is 106 Å². The third kappa shape index (κ3) is 3.43. The predicted molar refractivity (Wildman–Crippen MR) is 66.1 cm³/mol. The molecule has 1 rings (SSSR count). The summed E-state index contributed by atoms with van der Waals surface area (Å²) < 4.78 is 18.0. The Kier molecular flexibility index (Phi) is 5.09. The van der Waals surface area contributed by atoms with E-state index in [2.05, 4.69) is 0 Å². The van der Waals surface area contributed by atoms with Gasteiger partial charge < -0.3 is 14.7 Å². The average Bonchev–Trinajstić information content (AvgIpc) is 2.32. The second kappa shape index (κ2) is 6.35. The fourth-order valence-electron chi connectivity index (χ4n) is 1.62. The Balaban J connectivity index is 2.98. The van der Waals surface area contributed by atoms with Gasteiger partial charge in [-0.1, -0.05) is 0 Å². The van der Waals surface area contributed by atoms with Crippen molar-refractivity contribution in [3.8, 4) is 5.75 Å². The van der Waals surface area contributed by atoms with Gasteiger partial charge in [0.15, 0.2) is 0 Å². The molecule has 0 saturated carbocycles. The van der Waals surface area contributed by atoms with Gasteiger partial charge in [0.2, 0.25) is 0 Å². The highest BCUT2D eigenvalue weighted by molar-refractivity contribution is 5.97. The molecule has 0 unspecified atom stereocenters. The van der Waals surface area contributed by atoms with E-state index in [0.717, 1.165) is 12.1 Å². The smallest absolute Gasteiger partial charge is 0.258 e. The monoisotopic (exact) mass is 255 g/mol. The topological polar surface area (TPSA) is 49.8 Å². The van der Waals surface area contributed by atoms with Crippen molar-refractivity contribution in [2.24, 2.45) is 0 Å². The van der Waals surface area contributed by atoms with Crippen LogP contribution in [0.3, 0.4) is 0 Å². The lowest BCUT2D eigenvalue weighted by molar-refractivity contribution is 0.0631. The first-order valence-electron chi connectivity index (χ1n) is 5.75. The molecule has 100 valence electrons. The van der Waals surface area contributed by atoms with Gasteiger partial charge in [-0.15, -0.1) is 0 Å². The number of phenols is 1. The van der Waals surface area contributed by atoms with Gasteiger partial charge in [-0.2, -0.15) is 0 Å². The molecule has 0 saturated heterocycles. The van der Waals surface area contributed by atoms with Crippen molar-refractivity contribution in [1.82, 2.24) is 4.90 Å². The van der Waals surface area contributed by atoms with Crippen LogP contribution in [0.2, 0.25) is 0 Å². The van der Waals surface area contributed by atoms with E-state index >= 15 is 0 Å². The number of nitrogens with zero attached hydrogens (tertiary/aromatic N) is 1. The molecule has 18 heavy (non-hydrogen) atoms. The Morgan fingerprint density at radius 2 is 2.17 bits per heavy atom. The lowest BCUT2D eigenvalue weighted by Crippen LogP contribution is -2.39. The van der Waals surface area contributed by atoms with Crippen LogP contribution in [0, 0.1) is 5.82 Å². The van der Waals surface area contributed by atoms with Crippen molar-refractivity contribution in [2.75, 3.05) is 20.3 Å². The first-order chi connectivity index (χ1) is 8.47. The molecule has 0 heterocycles. The van der Waals surface area contributed by atoms with E-state index in [4.69, 9.17) is 4.74 Å². The summed E-state index contributed by atoms with van der Waals surface area (Å²) in [6, 6.07) is 3.27.